The van der Waals surface area contributed by atoms with Crippen molar-refractivity contribution in [2.45, 2.75) is 22.9 Å². The molecule has 0 aliphatic heterocycles. The molecule has 0 radical (unpaired) electrons. The molecule has 0 spiro atoms. The number of hydrogen-bond acceptors (Lipinski definition) is 2. The second kappa shape index (κ2) is 5.31. The summed E-state index contributed by atoms with van der Waals surface area (Å²) in [5.74, 6) is -0.313. The van der Waals surface area contributed by atoms with Gasteiger partial charge in [0.05, 0.1) is 16.0 Å². The minimum atomic E-state index is -0.697. The molecule has 0 saturated heterocycles. The average molecular weight is 287 g/mol. The van der Waals surface area contributed by atoms with E-state index in [-0.39, 0.29) is 5.82 Å². The summed E-state index contributed by atoms with van der Waals surface area (Å²) in [6.07, 6.45) is -0.697. The van der Waals surface area contributed by atoms with Crippen LogP contribution < -0.4 is 0 Å². The fourth-order valence-electron chi connectivity index (χ4n) is 2.17. The molecular weight excluding hydrogens is 273 g/mol. The van der Waals surface area contributed by atoms with Gasteiger partial charge in [-0.25, -0.2) is 4.39 Å². The number of H-pyrrole nitrogens is 1. The number of nitrogens with one attached hydrogen (secondary N) is 1. The number of fused-ring (bicyclic) bond motifs is 1. The Bertz CT molecular complexity index is 718. The van der Waals surface area contributed by atoms with Crippen molar-refractivity contribution in [3.05, 3.63) is 59.9 Å². The van der Waals surface area contributed by atoms with Gasteiger partial charge in [-0.2, -0.15) is 0 Å². The first kappa shape index (κ1) is 13.2. The Balaban J connectivity index is 2.02. The van der Waals surface area contributed by atoms with Crippen LogP contribution in [0.4, 0.5) is 4.39 Å². The molecule has 3 aromatic rings. The summed E-state index contributed by atoms with van der Waals surface area (Å²) in [6.45, 7) is 1.64. The van der Waals surface area contributed by atoms with Crippen LogP contribution in [-0.4, -0.2) is 10.1 Å². The fourth-order valence-corrected chi connectivity index (χ4v) is 3.26. The number of rotatable bonds is 3. The highest BCUT2D eigenvalue weighted by Crippen LogP contribution is 2.36. The van der Waals surface area contributed by atoms with E-state index >= 15 is 0 Å². The van der Waals surface area contributed by atoms with Crippen LogP contribution in [0.5, 0.6) is 0 Å². The molecule has 3 rings (SSSR count). The first-order valence-corrected chi connectivity index (χ1v) is 7.19. The number of aromatic nitrogens is 1. The van der Waals surface area contributed by atoms with Crippen molar-refractivity contribution in [2.24, 2.45) is 0 Å². The highest BCUT2D eigenvalue weighted by atomic mass is 32.2. The van der Waals surface area contributed by atoms with Gasteiger partial charge in [0, 0.05) is 10.9 Å². The van der Waals surface area contributed by atoms with E-state index < -0.39 is 6.10 Å². The SMILES string of the molecule is C[C@@H](O)c1cccc(F)c1Sc1cc2ccccc2[nH]1. The van der Waals surface area contributed by atoms with Crippen LogP contribution >= 0.6 is 11.8 Å². The summed E-state index contributed by atoms with van der Waals surface area (Å²) in [5.41, 5.74) is 1.62. The monoisotopic (exact) mass is 287 g/mol. The van der Waals surface area contributed by atoms with Crippen LogP contribution in [0.15, 0.2) is 58.5 Å². The lowest BCUT2D eigenvalue weighted by Gasteiger charge is -2.11. The van der Waals surface area contributed by atoms with E-state index in [9.17, 15) is 9.50 Å². The molecule has 0 unspecified atom stereocenters. The van der Waals surface area contributed by atoms with Crippen LogP contribution in [0.25, 0.3) is 10.9 Å². The summed E-state index contributed by atoms with van der Waals surface area (Å²) in [7, 11) is 0. The van der Waals surface area contributed by atoms with Crippen molar-refractivity contribution in [3.8, 4) is 0 Å². The summed E-state index contributed by atoms with van der Waals surface area (Å²) in [4.78, 5) is 3.72. The van der Waals surface area contributed by atoms with Crippen LogP contribution in [0.2, 0.25) is 0 Å². The van der Waals surface area contributed by atoms with Crippen molar-refractivity contribution in [1.29, 1.82) is 0 Å². The van der Waals surface area contributed by atoms with E-state index in [0.29, 0.717) is 10.5 Å². The fraction of sp³-hybridized carbons (Fsp3) is 0.125. The zero-order valence-electron chi connectivity index (χ0n) is 10.9. The molecule has 4 heteroatoms. The van der Waals surface area contributed by atoms with Gasteiger partial charge in [-0.1, -0.05) is 42.1 Å². The Morgan fingerprint density at radius 1 is 1.15 bits per heavy atom. The predicted octanol–water partition coefficient (Wildman–Crippen LogP) is 4.51. The summed E-state index contributed by atoms with van der Waals surface area (Å²) >= 11 is 1.30. The Kier molecular flexibility index (Phi) is 3.51. The molecule has 0 bridgehead atoms. The van der Waals surface area contributed by atoms with E-state index in [2.05, 4.69) is 4.98 Å². The normalized spacial score (nSPS) is 12.8. The second-order valence-electron chi connectivity index (χ2n) is 4.66. The van der Waals surface area contributed by atoms with Crippen LogP contribution in [-0.2, 0) is 0 Å². The number of halogens is 1. The highest BCUT2D eigenvalue weighted by molar-refractivity contribution is 7.99. The van der Waals surface area contributed by atoms with Crippen molar-refractivity contribution in [1.82, 2.24) is 4.98 Å². The molecule has 2 aromatic carbocycles. The van der Waals surface area contributed by atoms with E-state index in [0.717, 1.165) is 15.9 Å². The van der Waals surface area contributed by atoms with Gasteiger partial charge < -0.3 is 10.1 Å². The predicted molar refractivity (Wildman–Crippen MR) is 79.5 cm³/mol. The van der Waals surface area contributed by atoms with E-state index in [1.807, 2.05) is 30.3 Å². The van der Waals surface area contributed by atoms with Gasteiger partial charge in [-0.05, 0) is 30.7 Å². The van der Waals surface area contributed by atoms with Crippen LogP contribution in [0.1, 0.15) is 18.6 Å². The second-order valence-corrected chi connectivity index (χ2v) is 5.71. The Morgan fingerprint density at radius 3 is 2.70 bits per heavy atom. The number of aliphatic hydroxyl groups is 1. The van der Waals surface area contributed by atoms with Gasteiger partial charge in [-0.3, -0.25) is 0 Å². The number of hydrogen-bond donors (Lipinski definition) is 2. The van der Waals surface area contributed by atoms with E-state index in [1.165, 1.54) is 17.8 Å². The smallest absolute Gasteiger partial charge is 0.137 e. The van der Waals surface area contributed by atoms with Gasteiger partial charge in [-0.15, -0.1) is 0 Å². The molecule has 2 N–H and O–H groups in total. The first-order chi connectivity index (χ1) is 9.65. The first-order valence-electron chi connectivity index (χ1n) is 6.37. The molecule has 1 atom stereocenters. The van der Waals surface area contributed by atoms with Gasteiger partial charge in [0.2, 0.25) is 0 Å². The van der Waals surface area contributed by atoms with Crippen molar-refractivity contribution in [2.75, 3.05) is 0 Å². The maximum atomic E-state index is 14.0. The van der Waals surface area contributed by atoms with E-state index in [4.69, 9.17) is 0 Å². The third-order valence-electron chi connectivity index (χ3n) is 3.16. The molecule has 0 aliphatic rings. The number of aliphatic hydroxyl groups excluding tert-OH is 1. The molecule has 20 heavy (non-hydrogen) atoms. The zero-order valence-corrected chi connectivity index (χ0v) is 11.7. The molecule has 0 fully saturated rings. The molecule has 2 nitrogen and oxygen atoms in total. The average Bonchev–Trinajstić information content (AvgIpc) is 2.83. The minimum Gasteiger partial charge on any atom is -0.389 e. The molecule has 1 heterocycles. The lowest BCUT2D eigenvalue weighted by atomic mass is 10.1. The highest BCUT2D eigenvalue weighted by Gasteiger charge is 2.14. The van der Waals surface area contributed by atoms with Crippen LogP contribution in [0, 0.1) is 5.82 Å². The van der Waals surface area contributed by atoms with Gasteiger partial charge in [0.1, 0.15) is 5.82 Å². The molecule has 0 saturated carbocycles. The minimum absolute atomic E-state index is 0.313. The molecule has 0 aliphatic carbocycles. The lowest BCUT2D eigenvalue weighted by Crippen LogP contribution is -1.96. The number of benzene rings is 2. The summed E-state index contributed by atoms with van der Waals surface area (Å²) in [5, 5.41) is 11.7. The largest absolute Gasteiger partial charge is 0.389 e. The molecule has 0 amide bonds. The van der Waals surface area contributed by atoms with Gasteiger partial charge >= 0.3 is 0 Å². The topological polar surface area (TPSA) is 36.0 Å². The van der Waals surface area contributed by atoms with Crippen molar-refractivity contribution < 1.29 is 9.50 Å². The van der Waals surface area contributed by atoms with Gasteiger partial charge in [0.25, 0.3) is 0 Å². The maximum Gasteiger partial charge on any atom is 0.137 e. The van der Waals surface area contributed by atoms with Crippen molar-refractivity contribution >= 4 is 22.7 Å². The zero-order chi connectivity index (χ0) is 14.1. The maximum absolute atomic E-state index is 14.0. The summed E-state index contributed by atoms with van der Waals surface area (Å²) in [6, 6.07) is 14.7. The number of aromatic amines is 1. The third-order valence-corrected chi connectivity index (χ3v) is 4.24. The molecule has 1 aromatic heterocycles. The third kappa shape index (κ3) is 2.44. The van der Waals surface area contributed by atoms with Gasteiger partial charge in [0.15, 0.2) is 0 Å². The Hall–Kier alpha value is -1.78. The van der Waals surface area contributed by atoms with E-state index in [1.54, 1.807) is 19.1 Å². The standard InChI is InChI=1S/C16H14FNOS/c1-10(19)12-6-4-7-13(17)16(12)20-15-9-11-5-2-3-8-14(11)18-15/h2-10,18-19H,1H3/t10-/m1/s1. The lowest BCUT2D eigenvalue weighted by molar-refractivity contribution is 0.195. The number of para-hydroxylation sites is 1. The molecular formula is C16H14FNOS. The molecule has 102 valence electrons. The van der Waals surface area contributed by atoms with Crippen molar-refractivity contribution in [3.63, 3.8) is 0 Å². The quantitative estimate of drug-likeness (QED) is 0.743. The summed E-state index contributed by atoms with van der Waals surface area (Å²) < 4.78 is 14.0. The Labute approximate surface area is 120 Å². The Morgan fingerprint density at radius 2 is 1.95 bits per heavy atom. The van der Waals surface area contributed by atoms with Crippen LogP contribution in [0.3, 0.4) is 0 Å².